The van der Waals surface area contributed by atoms with Crippen molar-refractivity contribution in [2.45, 2.75) is 6.54 Å². The Hall–Kier alpha value is -1.99. The third-order valence-corrected chi connectivity index (χ3v) is 4.94. The van der Waals surface area contributed by atoms with Gasteiger partial charge in [0.15, 0.2) is 0 Å². The largest absolute Gasteiger partial charge is 0.359 e. The second kappa shape index (κ2) is 7.93. The van der Waals surface area contributed by atoms with Gasteiger partial charge in [0, 0.05) is 37.8 Å². The van der Waals surface area contributed by atoms with Crippen LogP contribution in [0.3, 0.4) is 0 Å². The van der Waals surface area contributed by atoms with Gasteiger partial charge in [-0.15, -0.1) is 0 Å². The van der Waals surface area contributed by atoms with E-state index < -0.39 is 0 Å². The lowest BCUT2D eigenvalue weighted by molar-refractivity contribution is -0.129. The van der Waals surface area contributed by atoms with Crippen molar-refractivity contribution in [2.24, 2.45) is 5.92 Å². The Kier molecular flexibility index (Phi) is 5.65. The van der Waals surface area contributed by atoms with Gasteiger partial charge in [-0.3, -0.25) is 9.69 Å². The first-order chi connectivity index (χ1) is 12.0. The molecule has 3 nitrogen and oxygen atoms in total. The molecule has 0 radical (unpaired) electrons. The van der Waals surface area contributed by atoms with Crippen molar-refractivity contribution < 1.29 is 4.79 Å². The number of halogens is 2. The fourth-order valence-corrected chi connectivity index (χ4v) is 3.04. The molecule has 0 atom stereocenters. The van der Waals surface area contributed by atoms with Crippen LogP contribution in [0, 0.1) is 17.8 Å². The van der Waals surface area contributed by atoms with Crippen molar-refractivity contribution in [3.63, 3.8) is 0 Å². The Bertz CT molecular complexity index is 831. The number of carbonyl (C=O) groups is 1. The summed E-state index contributed by atoms with van der Waals surface area (Å²) in [6.07, 6.45) is 0. The summed E-state index contributed by atoms with van der Waals surface area (Å²) in [7, 11) is 1.68. The molecular weight excluding hydrogens is 355 g/mol. The van der Waals surface area contributed by atoms with E-state index in [-0.39, 0.29) is 11.8 Å². The van der Waals surface area contributed by atoms with Crippen molar-refractivity contribution >= 4 is 29.1 Å². The Labute approximate surface area is 157 Å². The first-order valence-corrected chi connectivity index (χ1v) is 8.80. The van der Waals surface area contributed by atoms with Crippen molar-refractivity contribution in [3.05, 3.63) is 69.2 Å². The Morgan fingerprint density at radius 2 is 1.72 bits per heavy atom. The van der Waals surface area contributed by atoms with Gasteiger partial charge in [-0.1, -0.05) is 47.2 Å². The summed E-state index contributed by atoms with van der Waals surface area (Å²) in [6.45, 7) is 2.49. The van der Waals surface area contributed by atoms with E-state index in [0.717, 1.165) is 30.8 Å². The van der Waals surface area contributed by atoms with Gasteiger partial charge in [0.1, 0.15) is 0 Å². The number of hydrogen-bond donors (Lipinski definition) is 1. The number of amides is 1. The molecule has 0 spiro atoms. The summed E-state index contributed by atoms with van der Waals surface area (Å²) in [5, 5.41) is 3.73. The summed E-state index contributed by atoms with van der Waals surface area (Å²) in [5.41, 5.74) is 3.00. The molecule has 1 N–H and O–H groups in total. The van der Waals surface area contributed by atoms with E-state index in [1.807, 2.05) is 18.2 Å². The molecule has 1 fully saturated rings. The van der Waals surface area contributed by atoms with E-state index >= 15 is 0 Å². The molecule has 0 unspecified atom stereocenters. The second-order valence-electron chi connectivity index (χ2n) is 6.08. The smallest absolute Gasteiger partial charge is 0.225 e. The molecule has 1 amide bonds. The Morgan fingerprint density at radius 3 is 2.36 bits per heavy atom. The molecule has 3 rings (SSSR count). The minimum Gasteiger partial charge on any atom is -0.359 e. The van der Waals surface area contributed by atoms with Crippen LogP contribution in [0.2, 0.25) is 10.0 Å². The van der Waals surface area contributed by atoms with E-state index in [0.29, 0.717) is 10.0 Å². The highest BCUT2D eigenvalue weighted by atomic mass is 35.5. The molecule has 2 aromatic carbocycles. The average molecular weight is 373 g/mol. The SMILES string of the molecule is CNC(=O)C1CN(Cc2ccc(C#Cc3ccc(Cl)c(Cl)c3)cc2)C1. The van der Waals surface area contributed by atoms with Crippen LogP contribution < -0.4 is 5.32 Å². The molecule has 0 saturated carbocycles. The molecule has 25 heavy (non-hydrogen) atoms. The molecule has 1 aliphatic rings. The van der Waals surface area contributed by atoms with E-state index in [9.17, 15) is 4.79 Å². The number of hydrogen-bond acceptors (Lipinski definition) is 2. The number of nitrogens with one attached hydrogen (secondary N) is 1. The van der Waals surface area contributed by atoms with Gasteiger partial charge in [0.2, 0.25) is 5.91 Å². The average Bonchev–Trinajstić information content (AvgIpc) is 2.59. The maximum absolute atomic E-state index is 11.5. The molecular formula is C20H18Cl2N2O. The highest BCUT2D eigenvalue weighted by Crippen LogP contribution is 2.22. The molecule has 1 saturated heterocycles. The quantitative estimate of drug-likeness (QED) is 0.835. The second-order valence-corrected chi connectivity index (χ2v) is 6.90. The molecule has 1 aliphatic heterocycles. The zero-order chi connectivity index (χ0) is 17.8. The van der Waals surface area contributed by atoms with Gasteiger partial charge in [0.05, 0.1) is 16.0 Å². The number of rotatable bonds is 3. The van der Waals surface area contributed by atoms with Gasteiger partial charge in [-0.25, -0.2) is 0 Å². The lowest BCUT2D eigenvalue weighted by Crippen LogP contribution is -2.52. The maximum atomic E-state index is 11.5. The van der Waals surface area contributed by atoms with Crippen LogP contribution in [0.5, 0.6) is 0 Å². The van der Waals surface area contributed by atoms with Crippen LogP contribution in [0.1, 0.15) is 16.7 Å². The summed E-state index contributed by atoms with van der Waals surface area (Å²) >= 11 is 11.9. The van der Waals surface area contributed by atoms with Crippen molar-refractivity contribution in [1.29, 1.82) is 0 Å². The van der Waals surface area contributed by atoms with Crippen LogP contribution in [0.25, 0.3) is 0 Å². The summed E-state index contributed by atoms with van der Waals surface area (Å²) < 4.78 is 0. The Balaban J connectivity index is 1.57. The highest BCUT2D eigenvalue weighted by Gasteiger charge is 2.31. The van der Waals surface area contributed by atoms with Crippen LogP contribution in [0.4, 0.5) is 0 Å². The van der Waals surface area contributed by atoms with Crippen molar-refractivity contribution in [1.82, 2.24) is 10.2 Å². The number of nitrogens with zero attached hydrogens (tertiary/aromatic N) is 1. The molecule has 2 aromatic rings. The zero-order valence-electron chi connectivity index (χ0n) is 13.9. The predicted molar refractivity (Wildman–Crippen MR) is 102 cm³/mol. The Morgan fingerprint density at radius 1 is 1.08 bits per heavy atom. The fraction of sp³-hybridized carbons (Fsp3) is 0.250. The van der Waals surface area contributed by atoms with Gasteiger partial charge >= 0.3 is 0 Å². The third-order valence-electron chi connectivity index (χ3n) is 4.21. The molecule has 1 heterocycles. The van der Waals surface area contributed by atoms with Crippen molar-refractivity contribution in [2.75, 3.05) is 20.1 Å². The zero-order valence-corrected chi connectivity index (χ0v) is 15.4. The summed E-state index contributed by atoms with van der Waals surface area (Å²) in [4.78, 5) is 13.8. The molecule has 0 bridgehead atoms. The van der Waals surface area contributed by atoms with E-state index in [1.54, 1.807) is 19.2 Å². The molecule has 0 aromatic heterocycles. The van der Waals surface area contributed by atoms with E-state index in [2.05, 4.69) is 34.2 Å². The fourth-order valence-electron chi connectivity index (χ4n) is 2.74. The molecule has 128 valence electrons. The topological polar surface area (TPSA) is 32.3 Å². The lowest BCUT2D eigenvalue weighted by Gasteiger charge is -2.38. The standard InChI is InChI=1S/C20H18Cl2N2O/c1-23-20(25)17-12-24(13-17)11-16-6-3-14(4-7-16)2-5-15-8-9-18(21)19(22)10-15/h3-4,6-10,17H,11-13H2,1H3,(H,23,25). The van der Waals surface area contributed by atoms with Crippen LogP contribution >= 0.6 is 23.2 Å². The van der Waals surface area contributed by atoms with Gasteiger partial charge in [0.25, 0.3) is 0 Å². The lowest BCUT2D eigenvalue weighted by atomic mass is 9.98. The summed E-state index contributed by atoms with van der Waals surface area (Å²) in [5.74, 6) is 6.47. The molecule has 0 aliphatic carbocycles. The van der Waals surface area contributed by atoms with Crippen LogP contribution in [-0.2, 0) is 11.3 Å². The van der Waals surface area contributed by atoms with Crippen molar-refractivity contribution in [3.8, 4) is 11.8 Å². The van der Waals surface area contributed by atoms with Gasteiger partial charge < -0.3 is 5.32 Å². The number of carbonyl (C=O) groups excluding carboxylic acids is 1. The monoisotopic (exact) mass is 372 g/mol. The first kappa shape index (κ1) is 17.8. The van der Waals surface area contributed by atoms with E-state index in [1.165, 1.54) is 5.56 Å². The highest BCUT2D eigenvalue weighted by molar-refractivity contribution is 6.42. The predicted octanol–water partition coefficient (Wildman–Crippen LogP) is 3.57. The van der Waals surface area contributed by atoms with Crippen LogP contribution in [-0.4, -0.2) is 30.9 Å². The van der Waals surface area contributed by atoms with Gasteiger partial charge in [-0.2, -0.15) is 0 Å². The minimum absolute atomic E-state index is 0.126. The number of likely N-dealkylation sites (tertiary alicyclic amines) is 1. The van der Waals surface area contributed by atoms with Gasteiger partial charge in [-0.05, 0) is 35.9 Å². The minimum atomic E-state index is 0.126. The van der Waals surface area contributed by atoms with Crippen LogP contribution in [0.15, 0.2) is 42.5 Å². The number of benzene rings is 2. The summed E-state index contributed by atoms with van der Waals surface area (Å²) in [6, 6.07) is 13.5. The normalized spacial score (nSPS) is 14.4. The van der Waals surface area contributed by atoms with E-state index in [4.69, 9.17) is 23.2 Å². The maximum Gasteiger partial charge on any atom is 0.225 e. The first-order valence-electron chi connectivity index (χ1n) is 8.05. The molecule has 5 heteroatoms. The third kappa shape index (κ3) is 4.55.